The summed E-state index contributed by atoms with van der Waals surface area (Å²) in [5.74, 6) is -0.0888. The van der Waals surface area contributed by atoms with Gasteiger partial charge in [0.05, 0.1) is 7.11 Å². The molecular weight excluding hydrogens is 236 g/mol. The van der Waals surface area contributed by atoms with Crippen LogP contribution in [0.15, 0.2) is 0 Å². The molecule has 0 spiro atoms. The fourth-order valence-corrected chi connectivity index (χ4v) is 1.75. The predicted molar refractivity (Wildman–Crippen MR) is 66.1 cm³/mol. The Hall–Kier alpha value is -2.05. The van der Waals surface area contributed by atoms with E-state index < -0.39 is 12.0 Å². The van der Waals surface area contributed by atoms with Crippen LogP contribution in [0.2, 0.25) is 0 Å². The molecular formula is C11H18N4O3. The van der Waals surface area contributed by atoms with Crippen molar-refractivity contribution in [3.63, 3.8) is 0 Å². The van der Waals surface area contributed by atoms with Crippen molar-refractivity contribution in [1.29, 1.82) is 0 Å². The number of likely N-dealkylation sites (N-methyl/N-ethyl adjacent to an activating group) is 1. The van der Waals surface area contributed by atoms with Gasteiger partial charge in [-0.15, -0.1) is 0 Å². The summed E-state index contributed by atoms with van der Waals surface area (Å²) in [6, 6.07) is -0.532. The van der Waals surface area contributed by atoms with Crippen LogP contribution in [-0.2, 0) is 16.0 Å². The zero-order valence-corrected chi connectivity index (χ0v) is 11.0. The normalized spacial score (nSPS) is 12.0. The van der Waals surface area contributed by atoms with Gasteiger partial charge < -0.3 is 20.4 Å². The van der Waals surface area contributed by atoms with Crippen LogP contribution in [-0.4, -0.2) is 35.6 Å². The van der Waals surface area contributed by atoms with Gasteiger partial charge >= 0.3 is 5.97 Å². The Labute approximate surface area is 105 Å². The predicted octanol–water partition coefficient (Wildman–Crippen LogP) is 0.121. The summed E-state index contributed by atoms with van der Waals surface area (Å²) in [6.07, 6.45) is 0.558. The number of aryl methyl sites for hydroxylation is 1. The van der Waals surface area contributed by atoms with Crippen molar-refractivity contribution in [3.05, 3.63) is 11.5 Å². The average molecular weight is 254 g/mol. The van der Waals surface area contributed by atoms with Crippen LogP contribution in [0, 0.1) is 0 Å². The quantitative estimate of drug-likeness (QED) is 0.743. The molecule has 3 N–H and O–H groups in total. The molecule has 0 aliphatic rings. The molecule has 1 aromatic rings. The van der Waals surface area contributed by atoms with E-state index in [1.54, 1.807) is 18.5 Å². The molecule has 1 unspecified atom stereocenters. The average Bonchev–Trinajstić information content (AvgIpc) is 2.72. The van der Waals surface area contributed by atoms with Gasteiger partial charge in [-0.1, -0.05) is 6.92 Å². The van der Waals surface area contributed by atoms with E-state index in [1.165, 1.54) is 7.11 Å². The van der Waals surface area contributed by atoms with Gasteiger partial charge in [-0.25, -0.2) is 9.78 Å². The third-order valence-corrected chi connectivity index (χ3v) is 2.73. The Morgan fingerprint density at radius 3 is 2.61 bits per heavy atom. The van der Waals surface area contributed by atoms with E-state index in [1.807, 2.05) is 6.92 Å². The minimum atomic E-state index is -0.606. The van der Waals surface area contributed by atoms with Gasteiger partial charge in [-0.05, 0) is 6.92 Å². The Morgan fingerprint density at radius 1 is 1.56 bits per heavy atom. The molecule has 1 aromatic heterocycles. The molecule has 7 heteroatoms. The molecule has 0 fully saturated rings. The minimum Gasteiger partial charge on any atom is -0.464 e. The van der Waals surface area contributed by atoms with E-state index in [2.05, 4.69) is 15.0 Å². The summed E-state index contributed by atoms with van der Waals surface area (Å²) >= 11 is 0. The topological polar surface area (TPSA) is 99.2 Å². The van der Waals surface area contributed by atoms with E-state index in [9.17, 15) is 9.59 Å². The highest BCUT2D eigenvalue weighted by molar-refractivity contribution is 5.93. The number of carbonyl (C=O) groups is 2. The number of aromatic nitrogens is 2. The first-order chi connectivity index (χ1) is 8.47. The number of nitrogens with two attached hydrogens (primary N) is 1. The Bertz CT molecular complexity index is 467. The van der Waals surface area contributed by atoms with Crippen molar-refractivity contribution in [1.82, 2.24) is 14.9 Å². The summed E-state index contributed by atoms with van der Waals surface area (Å²) in [7, 11) is 2.80. The highest BCUT2D eigenvalue weighted by atomic mass is 16.5. The van der Waals surface area contributed by atoms with Crippen LogP contribution in [0.5, 0.6) is 0 Å². The standard InChI is InChI=1S/C11H18N4O3/c1-5-7-14-8(11(17)18-4)9(12)15(7)6(2)10(16)13-3/h6H,5,12H2,1-4H3,(H,13,16). The smallest absolute Gasteiger partial charge is 0.360 e. The number of hydrogen-bond donors (Lipinski definition) is 2. The first-order valence-electron chi connectivity index (χ1n) is 5.64. The zero-order chi connectivity index (χ0) is 13.9. The number of nitrogens with zero attached hydrogens (tertiary/aromatic N) is 2. The zero-order valence-electron chi connectivity index (χ0n) is 11.0. The number of carbonyl (C=O) groups excluding carboxylic acids is 2. The number of esters is 1. The molecule has 0 aliphatic heterocycles. The number of anilines is 1. The fraction of sp³-hybridized carbons (Fsp3) is 0.545. The summed E-state index contributed by atoms with van der Waals surface area (Å²) < 4.78 is 6.15. The number of amides is 1. The molecule has 0 bridgehead atoms. The van der Waals surface area contributed by atoms with Gasteiger partial charge in [0, 0.05) is 13.5 Å². The molecule has 0 saturated heterocycles. The largest absolute Gasteiger partial charge is 0.464 e. The van der Waals surface area contributed by atoms with Crippen LogP contribution < -0.4 is 11.1 Å². The highest BCUT2D eigenvalue weighted by Crippen LogP contribution is 2.21. The van der Waals surface area contributed by atoms with E-state index >= 15 is 0 Å². The molecule has 1 heterocycles. The fourth-order valence-electron chi connectivity index (χ4n) is 1.75. The van der Waals surface area contributed by atoms with E-state index in [0.29, 0.717) is 12.2 Å². The van der Waals surface area contributed by atoms with Crippen LogP contribution >= 0.6 is 0 Å². The summed E-state index contributed by atoms with van der Waals surface area (Å²) in [5.41, 5.74) is 5.92. The maximum absolute atomic E-state index is 11.6. The SMILES string of the molecule is CCc1nc(C(=O)OC)c(N)n1C(C)C(=O)NC. The van der Waals surface area contributed by atoms with Gasteiger partial charge in [0.1, 0.15) is 17.7 Å². The molecule has 7 nitrogen and oxygen atoms in total. The van der Waals surface area contributed by atoms with Crippen LogP contribution in [0.4, 0.5) is 5.82 Å². The highest BCUT2D eigenvalue weighted by Gasteiger charge is 2.25. The van der Waals surface area contributed by atoms with Crippen molar-refractivity contribution in [2.75, 3.05) is 19.9 Å². The van der Waals surface area contributed by atoms with Crippen LogP contribution in [0.25, 0.3) is 0 Å². The number of methoxy groups -OCH3 is 1. The van der Waals surface area contributed by atoms with E-state index in [0.717, 1.165) is 0 Å². The molecule has 0 saturated carbocycles. The first kappa shape index (κ1) is 14.0. The van der Waals surface area contributed by atoms with Crippen LogP contribution in [0.3, 0.4) is 0 Å². The molecule has 0 radical (unpaired) electrons. The maximum atomic E-state index is 11.6. The second-order valence-corrected chi connectivity index (χ2v) is 3.77. The lowest BCUT2D eigenvalue weighted by molar-refractivity contribution is -0.123. The second-order valence-electron chi connectivity index (χ2n) is 3.77. The monoisotopic (exact) mass is 254 g/mol. The molecule has 100 valence electrons. The lowest BCUT2D eigenvalue weighted by atomic mass is 10.3. The molecule has 0 aromatic carbocycles. The molecule has 0 aliphatic carbocycles. The van der Waals surface area contributed by atoms with Gasteiger partial charge in [0.15, 0.2) is 5.69 Å². The van der Waals surface area contributed by atoms with E-state index in [4.69, 9.17) is 5.73 Å². The lowest BCUT2D eigenvalue weighted by Gasteiger charge is -2.15. The van der Waals surface area contributed by atoms with Crippen LogP contribution in [0.1, 0.15) is 36.2 Å². The molecule has 1 amide bonds. The summed E-state index contributed by atoms with van der Waals surface area (Å²) in [4.78, 5) is 27.3. The van der Waals surface area contributed by atoms with Gasteiger partial charge in [-0.2, -0.15) is 0 Å². The van der Waals surface area contributed by atoms with Crippen molar-refractivity contribution >= 4 is 17.7 Å². The molecule has 18 heavy (non-hydrogen) atoms. The number of nitrogen functional groups attached to an aromatic ring is 1. The number of imidazole rings is 1. The number of ether oxygens (including phenoxy) is 1. The van der Waals surface area contributed by atoms with Crippen molar-refractivity contribution in [3.8, 4) is 0 Å². The number of rotatable bonds is 4. The Balaban J connectivity index is 3.30. The lowest BCUT2D eigenvalue weighted by Crippen LogP contribution is -2.29. The maximum Gasteiger partial charge on any atom is 0.360 e. The van der Waals surface area contributed by atoms with Gasteiger partial charge in [0.25, 0.3) is 0 Å². The second kappa shape index (κ2) is 5.52. The van der Waals surface area contributed by atoms with Gasteiger partial charge in [0.2, 0.25) is 5.91 Å². The summed E-state index contributed by atoms with van der Waals surface area (Å²) in [5, 5.41) is 2.53. The number of hydrogen-bond acceptors (Lipinski definition) is 5. The van der Waals surface area contributed by atoms with Crippen molar-refractivity contribution < 1.29 is 14.3 Å². The van der Waals surface area contributed by atoms with Crippen molar-refractivity contribution in [2.24, 2.45) is 0 Å². The van der Waals surface area contributed by atoms with Crippen molar-refractivity contribution in [2.45, 2.75) is 26.3 Å². The number of nitrogens with one attached hydrogen (secondary N) is 1. The Morgan fingerprint density at radius 2 is 2.17 bits per heavy atom. The van der Waals surface area contributed by atoms with Gasteiger partial charge in [-0.3, -0.25) is 4.79 Å². The Kier molecular flexibility index (Phi) is 4.30. The van der Waals surface area contributed by atoms with E-state index in [-0.39, 0.29) is 17.4 Å². The third kappa shape index (κ3) is 2.29. The molecule has 1 atom stereocenters. The minimum absolute atomic E-state index is 0.0464. The summed E-state index contributed by atoms with van der Waals surface area (Å²) in [6.45, 7) is 3.56. The molecule has 1 rings (SSSR count). The first-order valence-corrected chi connectivity index (χ1v) is 5.64. The third-order valence-electron chi connectivity index (χ3n) is 2.73.